The van der Waals surface area contributed by atoms with Gasteiger partial charge in [0.2, 0.25) is 10.0 Å². The zero-order chi connectivity index (χ0) is 28.6. The van der Waals surface area contributed by atoms with Crippen LogP contribution in [0.5, 0.6) is 11.5 Å². The van der Waals surface area contributed by atoms with Gasteiger partial charge >= 0.3 is 5.69 Å². The molecule has 0 fully saturated rings. The minimum Gasteiger partial charge on any atom is -0.505 e. The number of fused-ring (bicyclic) bond motifs is 2. The van der Waals surface area contributed by atoms with E-state index in [2.05, 4.69) is 25.5 Å². The molecule has 40 heavy (non-hydrogen) atoms. The highest BCUT2D eigenvalue weighted by molar-refractivity contribution is 7.88. The lowest BCUT2D eigenvalue weighted by Gasteiger charge is -2.12. The molecular weight excluding hydrogens is 536 g/mol. The van der Waals surface area contributed by atoms with Gasteiger partial charge in [0.25, 0.3) is 5.91 Å². The highest BCUT2D eigenvalue weighted by atomic mass is 32.2. The number of primary sulfonamides is 1. The third-order valence-electron chi connectivity index (χ3n) is 6.27. The molecule has 0 spiro atoms. The summed E-state index contributed by atoms with van der Waals surface area (Å²) in [5, 5.41) is 28.8. The maximum atomic E-state index is 13.2. The average Bonchev–Trinajstić information content (AvgIpc) is 3.27. The second-order valence-corrected chi connectivity index (χ2v) is 10.7. The van der Waals surface area contributed by atoms with E-state index in [0.29, 0.717) is 38.6 Å². The number of nitrogens with one attached hydrogen (secondary N) is 3. The number of rotatable bonds is 7. The molecule has 0 aliphatic heterocycles. The molecule has 4 aromatic carbocycles. The quantitative estimate of drug-likeness (QED) is 0.182. The largest absolute Gasteiger partial charge is 0.505 e. The Bertz CT molecular complexity index is 1990. The number of carbonyl (C=O) groups is 1. The molecule has 0 radical (unpaired) electrons. The van der Waals surface area contributed by atoms with Crippen LogP contribution in [-0.2, 0) is 15.8 Å². The highest BCUT2D eigenvalue weighted by Crippen LogP contribution is 2.41. The molecule has 0 saturated heterocycles. The predicted octanol–water partition coefficient (Wildman–Crippen LogP) is 4.49. The Kier molecular flexibility index (Phi) is 6.83. The second-order valence-electron chi connectivity index (χ2n) is 9.09. The molecule has 5 aromatic rings. The fraction of sp³-hybridized carbons (Fsp3) is 0.111. The van der Waals surface area contributed by atoms with Crippen molar-refractivity contribution in [2.45, 2.75) is 12.7 Å². The minimum atomic E-state index is -3.77. The highest BCUT2D eigenvalue weighted by Gasteiger charge is 2.19. The standard InChI is InChI=1S/C27H24N6O6S/c1-14-9-22(23(39-2)11-16(14)13-40(28,37)38)32-33-24-18-6-4-3-5-15(18)10-19(25(24)34)26(35)29-17-7-8-20-21(12-17)31-27(36)30-20/h3-12,34H,13H2,1-2H3,(H,29,35)(H2,28,37,38)(H2,30,31,36). The number of carbonyl (C=O) groups excluding carboxylic acids is 1. The van der Waals surface area contributed by atoms with Gasteiger partial charge in [-0.1, -0.05) is 24.3 Å². The summed E-state index contributed by atoms with van der Waals surface area (Å²) in [5.74, 6) is -1.11. The zero-order valence-corrected chi connectivity index (χ0v) is 22.2. The number of phenolic OH excluding ortho intramolecular Hbond substituents is 1. The molecule has 0 saturated carbocycles. The van der Waals surface area contributed by atoms with E-state index in [1.807, 2.05) is 0 Å². The zero-order valence-electron chi connectivity index (χ0n) is 21.3. The van der Waals surface area contributed by atoms with Crippen molar-refractivity contribution in [3.8, 4) is 11.5 Å². The van der Waals surface area contributed by atoms with Gasteiger partial charge < -0.3 is 25.1 Å². The van der Waals surface area contributed by atoms with Crippen molar-refractivity contribution in [3.05, 3.63) is 87.8 Å². The Hall–Kier alpha value is -5.01. The summed E-state index contributed by atoms with van der Waals surface area (Å²) in [6.45, 7) is 1.71. The maximum Gasteiger partial charge on any atom is 0.323 e. The number of sulfonamides is 1. The number of aromatic amines is 2. The number of anilines is 1. The van der Waals surface area contributed by atoms with E-state index in [9.17, 15) is 23.1 Å². The lowest BCUT2D eigenvalue weighted by Crippen LogP contribution is -2.15. The van der Waals surface area contributed by atoms with Crippen LogP contribution in [0.3, 0.4) is 0 Å². The van der Waals surface area contributed by atoms with Crippen LogP contribution in [0, 0.1) is 6.92 Å². The first kappa shape index (κ1) is 26.6. The van der Waals surface area contributed by atoms with E-state index in [-0.39, 0.29) is 34.1 Å². The Morgan fingerprint density at radius 2 is 1.80 bits per heavy atom. The summed E-state index contributed by atoms with van der Waals surface area (Å²) >= 11 is 0. The number of aromatic nitrogens is 2. The predicted molar refractivity (Wildman–Crippen MR) is 151 cm³/mol. The molecule has 0 bridgehead atoms. The fourth-order valence-electron chi connectivity index (χ4n) is 4.33. The van der Waals surface area contributed by atoms with Crippen molar-refractivity contribution in [1.29, 1.82) is 0 Å². The number of ether oxygens (including phenoxy) is 1. The number of hydrogen-bond donors (Lipinski definition) is 5. The lowest BCUT2D eigenvalue weighted by atomic mass is 10.0. The van der Waals surface area contributed by atoms with Gasteiger partial charge in [-0.15, -0.1) is 10.2 Å². The maximum absolute atomic E-state index is 13.2. The molecule has 0 atom stereocenters. The van der Waals surface area contributed by atoms with Gasteiger partial charge in [0.05, 0.1) is 29.5 Å². The summed E-state index contributed by atoms with van der Waals surface area (Å²) in [7, 11) is -2.36. The molecule has 204 valence electrons. The van der Waals surface area contributed by atoms with Crippen LogP contribution in [-0.4, -0.2) is 36.5 Å². The van der Waals surface area contributed by atoms with Crippen molar-refractivity contribution in [3.63, 3.8) is 0 Å². The number of benzene rings is 4. The number of hydrogen-bond acceptors (Lipinski definition) is 8. The number of azo groups is 1. The van der Waals surface area contributed by atoms with Gasteiger partial charge in [-0.3, -0.25) is 4.79 Å². The van der Waals surface area contributed by atoms with Gasteiger partial charge in [-0.05, 0) is 59.8 Å². The topological polar surface area (TPSA) is 192 Å². The molecule has 13 heteroatoms. The van der Waals surface area contributed by atoms with Crippen LogP contribution in [0.15, 0.2) is 75.7 Å². The van der Waals surface area contributed by atoms with Gasteiger partial charge in [0.1, 0.15) is 17.1 Å². The molecule has 1 aromatic heterocycles. The second kappa shape index (κ2) is 10.3. The number of aromatic hydroxyl groups is 1. The molecular formula is C27H24N6O6S. The number of nitrogens with zero attached hydrogens (tertiary/aromatic N) is 2. The smallest absolute Gasteiger partial charge is 0.323 e. The molecule has 1 heterocycles. The number of nitrogens with two attached hydrogens (primary N) is 1. The lowest BCUT2D eigenvalue weighted by molar-refractivity contribution is 0.102. The first-order valence-corrected chi connectivity index (χ1v) is 13.6. The number of methoxy groups -OCH3 is 1. The van der Waals surface area contributed by atoms with Crippen LogP contribution in [0.4, 0.5) is 17.1 Å². The molecule has 0 unspecified atom stereocenters. The molecule has 6 N–H and O–H groups in total. The third-order valence-corrected chi connectivity index (χ3v) is 6.98. The summed E-state index contributed by atoms with van der Waals surface area (Å²) < 4.78 is 28.6. The van der Waals surface area contributed by atoms with E-state index >= 15 is 0 Å². The molecule has 5 rings (SSSR count). The number of amides is 1. The first-order chi connectivity index (χ1) is 19.0. The number of H-pyrrole nitrogens is 2. The normalized spacial score (nSPS) is 11.9. The molecule has 1 amide bonds. The van der Waals surface area contributed by atoms with Crippen LogP contribution < -0.4 is 20.9 Å². The Morgan fingerprint density at radius 1 is 1.05 bits per heavy atom. The molecule has 12 nitrogen and oxygen atoms in total. The van der Waals surface area contributed by atoms with Gasteiger partial charge in [-0.25, -0.2) is 18.4 Å². The summed E-state index contributed by atoms with van der Waals surface area (Å²) in [6, 6.07) is 16.6. The average molecular weight is 561 g/mol. The number of phenols is 1. The van der Waals surface area contributed by atoms with Crippen molar-refractivity contribution in [1.82, 2.24) is 9.97 Å². The van der Waals surface area contributed by atoms with E-state index in [1.54, 1.807) is 61.5 Å². The van der Waals surface area contributed by atoms with E-state index in [4.69, 9.17) is 9.88 Å². The fourth-order valence-corrected chi connectivity index (χ4v) is 5.08. The number of aryl methyl sites for hydroxylation is 1. The van der Waals surface area contributed by atoms with Crippen molar-refractivity contribution in [2.24, 2.45) is 15.4 Å². The Labute approximate surface area is 227 Å². The van der Waals surface area contributed by atoms with E-state index < -0.39 is 21.7 Å². The Morgan fingerprint density at radius 3 is 2.55 bits per heavy atom. The monoisotopic (exact) mass is 560 g/mol. The Balaban J connectivity index is 1.54. The van der Waals surface area contributed by atoms with Crippen LogP contribution in [0.1, 0.15) is 21.5 Å². The van der Waals surface area contributed by atoms with Gasteiger partial charge in [-0.2, -0.15) is 0 Å². The van der Waals surface area contributed by atoms with Crippen LogP contribution in [0.2, 0.25) is 0 Å². The van der Waals surface area contributed by atoms with E-state index in [0.717, 1.165) is 0 Å². The summed E-state index contributed by atoms with van der Waals surface area (Å²) in [4.78, 5) is 30.1. The van der Waals surface area contributed by atoms with Crippen molar-refractivity contribution < 1.29 is 23.1 Å². The van der Waals surface area contributed by atoms with Crippen LogP contribution >= 0.6 is 0 Å². The number of imidazole rings is 1. The van der Waals surface area contributed by atoms with Crippen LogP contribution in [0.25, 0.3) is 21.8 Å². The summed E-state index contributed by atoms with van der Waals surface area (Å²) in [6.07, 6.45) is 0. The molecule has 0 aliphatic carbocycles. The van der Waals surface area contributed by atoms with E-state index in [1.165, 1.54) is 13.2 Å². The first-order valence-electron chi connectivity index (χ1n) is 11.9. The third kappa shape index (κ3) is 5.41. The van der Waals surface area contributed by atoms with Gasteiger partial charge in [0.15, 0.2) is 5.75 Å². The summed E-state index contributed by atoms with van der Waals surface area (Å²) in [5.41, 5.74) is 2.49. The molecule has 0 aliphatic rings. The van der Waals surface area contributed by atoms with Crippen molar-refractivity contribution >= 4 is 54.8 Å². The SMILES string of the molecule is COc1cc(CS(N)(=O)=O)c(C)cc1N=Nc1c(O)c(C(=O)Nc2ccc3[nH]c(=O)[nH]c3c2)cc2ccccc12. The van der Waals surface area contributed by atoms with Gasteiger partial charge in [0, 0.05) is 11.1 Å². The van der Waals surface area contributed by atoms with Crippen molar-refractivity contribution in [2.75, 3.05) is 12.4 Å². The minimum absolute atomic E-state index is 0.0399.